The highest BCUT2D eigenvalue weighted by Gasteiger charge is 2.06. The van der Waals surface area contributed by atoms with Gasteiger partial charge in [0, 0.05) is 6.42 Å². The van der Waals surface area contributed by atoms with Gasteiger partial charge in [0.25, 0.3) is 0 Å². The lowest BCUT2D eigenvalue weighted by Gasteiger charge is -2.09. The average Bonchev–Trinajstić information content (AvgIpc) is 2.45. The molecule has 20 heavy (non-hydrogen) atoms. The smallest absolute Gasteiger partial charge is 0.305 e. The topological polar surface area (TPSA) is 46.5 Å². The summed E-state index contributed by atoms with van der Waals surface area (Å²) in [7, 11) is 1.40. The summed E-state index contributed by atoms with van der Waals surface area (Å²) < 4.78 is 4.57. The molecule has 120 valence electrons. The summed E-state index contributed by atoms with van der Waals surface area (Å²) in [6, 6.07) is 0. The van der Waals surface area contributed by atoms with Gasteiger partial charge in [-0.1, -0.05) is 64.7 Å². The summed E-state index contributed by atoms with van der Waals surface area (Å²) in [5.74, 6) is -0.180. The van der Waals surface area contributed by atoms with Crippen LogP contribution in [0.1, 0.15) is 90.4 Å². The van der Waals surface area contributed by atoms with Crippen LogP contribution in [0.15, 0.2) is 0 Å². The maximum absolute atomic E-state index is 10.9. The van der Waals surface area contributed by atoms with E-state index in [1.165, 1.54) is 58.5 Å². The van der Waals surface area contributed by atoms with Gasteiger partial charge in [0.05, 0.1) is 13.2 Å². The first-order valence-corrected chi connectivity index (χ1v) is 8.45. The number of hydrogen-bond acceptors (Lipinski definition) is 3. The SMILES string of the molecule is CCCCCCCCCCC[C@H](O)CCCC(=O)OC. The Morgan fingerprint density at radius 2 is 1.40 bits per heavy atom. The van der Waals surface area contributed by atoms with Gasteiger partial charge in [-0.3, -0.25) is 4.79 Å². The number of aliphatic hydroxyl groups is 1. The van der Waals surface area contributed by atoms with Crippen molar-refractivity contribution < 1.29 is 14.6 Å². The Hall–Kier alpha value is -0.570. The van der Waals surface area contributed by atoms with Gasteiger partial charge in [-0.15, -0.1) is 0 Å². The number of unbranched alkanes of at least 4 members (excludes halogenated alkanes) is 8. The van der Waals surface area contributed by atoms with E-state index in [-0.39, 0.29) is 12.1 Å². The van der Waals surface area contributed by atoms with Crippen LogP contribution in [-0.2, 0) is 9.53 Å². The Balaban J connectivity index is 3.19. The second-order valence-corrected chi connectivity index (χ2v) is 5.74. The fourth-order valence-electron chi connectivity index (χ4n) is 2.42. The molecule has 0 aliphatic rings. The highest BCUT2D eigenvalue weighted by atomic mass is 16.5. The second kappa shape index (κ2) is 14.8. The minimum Gasteiger partial charge on any atom is -0.469 e. The number of methoxy groups -OCH3 is 1. The maximum atomic E-state index is 10.9. The Bertz CT molecular complexity index is 216. The number of ether oxygens (including phenoxy) is 1. The van der Waals surface area contributed by atoms with Gasteiger partial charge in [-0.05, 0) is 19.3 Å². The Labute approximate surface area is 125 Å². The standard InChI is InChI=1S/C17H34O3/c1-3-4-5-6-7-8-9-10-11-13-16(18)14-12-15-17(19)20-2/h16,18H,3-15H2,1-2H3/t16-/m0/s1. The molecular formula is C17H34O3. The number of esters is 1. The molecule has 0 saturated carbocycles. The molecule has 0 aromatic carbocycles. The van der Waals surface area contributed by atoms with Crippen LogP contribution in [0.2, 0.25) is 0 Å². The Morgan fingerprint density at radius 1 is 0.900 bits per heavy atom. The van der Waals surface area contributed by atoms with Crippen molar-refractivity contribution in [3.63, 3.8) is 0 Å². The Morgan fingerprint density at radius 3 is 1.95 bits per heavy atom. The summed E-state index contributed by atoms with van der Waals surface area (Å²) in [6.07, 6.45) is 14.3. The van der Waals surface area contributed by atoms with E-state index in [0.717, 1.165) is 19.3 Å². The largest absolute Gasteiger partial charge is 0.469 e. The van der Waals surface area contributed by atoms with Crippen LogP contribution in [0.4, 0.5) is 0 Å². The summed E-state index contributed by atoms with van der Waals surface area (Å²) in [5, 5.41) is 9.78. The average molecular weight is 286 g/mol. The van der Waals surface area contributed by atoms with Crippen LogP contribution in [0.5, 0.6) is 0 Å². The van der Waals surface area contributed by atoms with E-state index >= 15 is 0 Å². The third-order valence-corrected chi connectivity index (χ3v) is 3.79. The van der Waals surface area contributed by atoms with Gasteiger partial charge in [0.15, 0.2) is 0 Å². The van der Waals surface area contributed by atoms with Gasteiger partial charge in [-0.2, -0.15) is 0 Å². The molecule has 0 spiro atoms. The minimum absolute atomic E-state index is 0.180. The van der Waals surface area contributed by atoms with E-state index < -0.39 is 0 Å². The first-order chi connectivity index (χ1) is 9.70. The molecule has 1 N–H and O–H groups in total. The van der Waals surface area contributed by atoms with Crippen molar-refractivity contribution in [3.05, 3.63) is 0 Å². The molecule has 0 aromatic heterocycles. The third-order valence-electron chi connectivity index (χ3n) is 3.79. The van der Waals surface area contributed by atoms with Crippen LogP contribution >= 0.6 is 0 Å². The second-order valence-electron chi connectivity index (χ2n) is 5.74. The maximum Gasteiger partial charge on any atom is 0.305 e. The van der Waals surface area contributed by atoms with E-state index in [4.69, 9.17) is 0 Å². The van der Waals surface area contributed by atoms with E-state index in [9.17, 15) is 9.90 Å². The highest BCUT2D eigenvalue weighted by molar-refractivity contribution is 5.68. The monoisotopic (exact) mass is 286 g/mol. The molecule has 3 heteroatoms. The van der Waals surface area contributed by atoms with Crippen LogP contribution in [0.25, 0.3) is 0 Å². The summed E-state index contributed by atoms with van der Waals surface area (Å²) >= 11 is 0. The molecule has 0 bridgehead atoms. The highest BCUT2D eigenvalue weighted by Crippen LogP contribution is 2.13. The van der Waals surface area contributed by atoms with Gasteiger partial charge in [0.1, 0.15) is 0 Å². The first kappa shape index (κ1) is 19.4. The van der Waals surface area contributed by atoms with Crippen molar-refractivity contribution in [1.29, 1.82) is 0 Å². The van der Waals surface area contributed by atoms with E-state index in [1.54, 1.807) is 0 Å². The zero-order valence-corrected chi connectivity index (χ0v) is 13.5. The van der Waals surface area contributed by atoms with Crippen LogP contribution < -0.4 is 0 Å². The normalized spacial score (nSPS) is 12.3. The Kier molecular flexibility index (Phi) is 14.4. The van der Waals surface area contributed by atoms with Crippen molar-refractivity contribution in [1.82, 2.24) is 0 Å². The van der Waals surface area contributed by atoms with Gasteiger partial charge in [-0.25, -0.2) is 0 Å². The minimum atomic E-state index is -0.246. The molecule has 0 unspecified atom stereocenters. The number of hydrogen-bond donors (Lipinski definition) is 1. The van der Waals surface area contributed by atoms with Crippen molar-refractivity contribution in [2.75, 3.05) is 7.11 Å². The summed E-state index contributed by atoms with van der Waals surface area (Å²) in [5.41, 5.74) is 0. The fourth-order valence-corrected chi connectivity index (χ4v) is 2.42. The first-order valence-electron chi connectivity index (χ1n) is 8.45. The molecule has 0 heterocycles. The molecule has 3 nitrogen and oxygen atoms in total. The van der Waals surface area contributed by atoms with Gasteiger partial charge >= 0.3 is 5.97 Å². The van der Waals surface area contributed by atoms with E-state index in [0.29, 0.717) is 12.8 Å². The van der Waals surface area contributed by atoms with E-state index in [2.05, 4.69) is 11.7 Å². The lowest BCUT2D eigenvalue weighted by molar-refractivity contribution is -0.140. The molecular weight excluding hydrogens is 252 g/mol. The van der Waals surface area contributed by atoms with Crippen molar-refractivity contribution in [2.45, 2.75) is 96.5 Å². The van der Waals surface area contributed by atoms with Crippen molar-refractivity contribution in [3.8, 4) is 0 Å². The number of carbonyl (C=O) groups excluding carboxylic acids is 1. The van der Waals surface area contributed by atoms with Gasteiger partial charge in [0.2, 0.25) is 0 Å². The fraction of sp³-hybridized carbons (Fsp3) is 0.941. The molecule has 0 aliphatic carbocycles. The number of aliphatic hydroxyl groups excluding tert-OH is 1. The lowest BCUT2D eigenvalue weighted by atomic mass is 10.0. The van der Waals surface area contributed by atoms with Crippen molar-refractivity contribution >= 4 is 5.97 Å². The predicted octanol–water partition coefficient (Wildman–Crippen LogP) is 4.61. The lowest BCUT2D eigenvalue weighted by Crippen LogP contribution is -2.08. The number of carbonyl (C=O) groups is 1. The zero-order valence-electron chi connectivity index (χ0n) is 13.5. The summed E-state index contributed by atoms with van der Waals surface area (Å²) in [4.78, 5) is 10.9. The van der Waals surface area contributed by atoms with Crippen LogP contribution in [-0.4, -0.2) is 24.3 Å². The van der Waals surface area contributed by atoms with Crippen molar-refractivity contribution in [2.24, 2.45) is 0 Å². The van der Waals surface area contributed by atoms with Crippen LogP contribution in [0.3, 0.4) is 0 Å². The molecule has 0 aliphatic heterocycles. The molecule has 0 rings (SSSR count). The van der Waals surface area contributed by atoms with E-state index in [1.807, 2.05) is 0 Å². The molecule has 0 fully saturated rings. The van der Waals surface area contributed by atoms with Gasteiger partial charge < -0.3 is 9.84 Å². The third kappa shape index (κ3) is 13.9. The predicted molar refractivity (Wildman–Crippen MR) is 83.7 cm³/mol. The summed E-state index contributed by atoms with van der Waals surface area (Å²) in [6.45, 7) is 2.25. The van der Waals surface area contributed by atoms with Crippen LogP contribution in [0, 0.1) is 0 Å². The zero-order chi connectivity index (χ0) is 15.1. The molecule has 0 radical (unpaired) electrons. The molecule has 0 amide bonds. The molecule has 1 atom stereocenters. The quantitative estimate of drug-likeness (QED) is 0.374. The molecule has 0 saturated heterocycles. The molecule has 0 aromatic rings. The number of rotatable bonds is 14.